The van der Waals surface area contributed by atoms with Crippen molar-refractivity contribution in [3.8, 4) is 39.9 Å². The predicted octanol–water partition coefficient (Wildman–Crippen LogP) is 9.81. The van der Waals surface area contributed by atoms with Crippen LogP contribution in [0, 0.1) is 6.92 Å². The summed E-state index contributed by atoms with van der Waals surface area (Å²) in [6.45, 7) is 14.3. The second kappa shape index (κ2) is 13.9. The monoisotopic (exact) mass is 633 g/mol. The maximum absolute atomic E-state index is 6.60. The van der Waals surface area contributed by atoms with Crippen molar-refractivity contribution in [2.45, 2.75) is 52.1 Å². The summed E-state index contributed by atoms with van der Waals surface area (Å²) < 4.78 is 19.3. The lowest BCUT2D eigenvalue weighted by atomic mass is 9.83. The van der Waals surface area contributed by atoms with Gasteiger partial charge in [0.15, 0.2) is 17.5 Å². The van der Waals surface area contributed by atoms with E-state index in [0.717, 1.165) is 39.1 Å². The molecule has 48 heavy (non-hydrogen) atoms. The number of aryl methyl sites for hydroxylation is 1. The Labute approximate surface area is 284 Å². The zero-order valence-electron chi connectivity index (χ0n) is 28.2. The molecule has 0 saturated carbocycles. The molecule has 0 spiro atoms. The lowest BCUT2D eigenvalue weighted by molar-refractivity contribution is 0.00578. The molecular weight excluding hydrogens is 593 g/mol. The van der Waals surface area contributed by atoms with E-state index in [-0.39, 0.29) is 0 Å². The van der Waals surface area contributed by atoms with Gasteiger partial charge in [0.2, 0.25) is 0 Å². The van der Waals surface area contributed by atoms with Crippen molar-refractivity contribution in [2.75, 3.05) is 0 Å². The van der Waals surface area contributed by atoms with Crippen molar-refractivity contribution < 1.29 is 14.0 Å². The fourth-order valence-electron chi connectivity index (χ4n) is 5.47. The summed E-state index contributed by atoms with van der Waals surface area (Å²) >= 11 is 0. The Morgan fingerprint density at radius 1 is 0.708 bits per heavy atom. The van der Waals surface area contributed by atoms with Crippen molar-refractivity contribution in [3.63, 3.8) is 0 Å². The van der Waals surface area contributed by atoms with E-state index in [1.165, 1.54) is 0 Å². The highest BCUT2D eigenvalue weighted by Gasteiger charge is 2.50. The SMILES string of the molecule is C=C/C=C(Oc1ccccc1C)\C(=C/CB1OC(C)(C)C(C)(C)O1)c1cccc(-c2nc(-c3ccccc3)nc(-c3ccccc3)n2)c1. The Balaban J connectivity index is 1.45. The van der Waals surface area contributed by atoms with Gasteiger partial charge < -0.3 is 14.0 Å². The number of ether oxygens (including phenoxy) is 1. The summed E-state index contributed by atoms with van der Waals surface area (Å²) in [6, 6.07) is 36.1. The molecule has 6 nitrogen and oxygen atoms in total. The number of hydrogen-bond acceptors (Lipinski definition) is 6. The van der Waals surface area contributed by atoms with Gasteiger partial charge in [-0.3, -0.25) is 0 Å². The molecule has 7 heteroatoms. The van der Waals surface area contributed by atoms with E-state index in [2.05, 4.69) is 52.5 Å². The Morgan fingerprint density at radius 3 is 1.79 bits per heavy atom. The second-order valence-electron chi connectivity index (χ2n) is 12.8. The summed E-state index contributed by atoms with van der Waals surface area (Å²) in [5, 5.41) is 0. The van der Waals surface area contributed by atoms with Crippen molar-refractivity contribution in [3.05, 3.63) is 151 Å². The van der Waals surface area contributed by atoms with Crippen LogP contribution < -0.4 is 4.74 Å². The summed E-state index contributed by atoms with van der Waals surface area (Å²) in [5.74, 6) is 3.20. The molecule has 4 aromatic carbocycles. The van der Waals surface area contributed by atoms with Crippen LogP contribution in [0.1, 0.15) is 38.8 Å². The fourth-order valence-corrected chi connectivity index (χ4v) is 5.47. The van der Waals surface area contributed by atoms with E-state index in [1.807, 2.05) is 110 Å². The van der Waals surface area contributed by atoms with Gasteiger partial charge in [0.1, 0.15) is 11.5 Å². The van der Waals surface area contributed by atoms with Gasteiger partial charge in [-0.1, -0.05) is 116 Å². The molecule has 0 atom stereocenters. The second-order valence-corrected chi connectivity index (χ2v) is 12.8. The van der Waals surface area contributed by atoms with Crippen LogP contribution in [0.25, 0.3) is 39.7 Å². The van der Waals surface area contributed by atoms with Crippen LogP contribution >= 0.6 is 0 Å². The average Bonchev–Trinajstić information content (AvgIpc) is 3.31. The first-order chi connectivity index (χ1) is 23.1. The molecule has 5 aromatic rings. The van der Waals surface area contributed by atoms with Gasteiger partial charge in [0.05, 0.1) is 11.2 Å². The van der Waals surface area contributed by atoms with Crippen LogP contribution in [-0.2, 0) is 9.31 Å². The van der Waals surface area contributed by atoms with E-state index in [0.29, 0.717) is 29.6 Å². The normalized spacial score (nSPS) is 15.7. The number of benzene rings is 4. The van der Waals surface area contributed by atoms with Gasteiger partial charge in [0.25, 0.3) is 0 Å². The van der Waals surface area contributed by atoms with Crippen LogP contribution in [0.3, 0.4) is 0 Å². The summed E-state index contributed by atoms with van der Waals surface area (Å²) in [7, 11) is -0.415. The summed E-state index contributed by atoms with van der Waals surface area (Å²) in [5.41, 5.74) is 4.63. The Bertz CT molecular complexity index is 1900. The molecule has 1 aromatic heterocycles. The first-order valence-corrected chi connectivity index (χ1v) is 16.2. The van der Waals surface area contributed by atoms with Crippen molar-refractivity contribution >= 4 is 12.7 Å². The topological polar surface area (TPSA) is 66.4 Å². The highest BCUT2D eigenvalue weighted by Crippen LogP contribution is 2.39. The van der Waals surface area contributed by atoms with E-state index < -0.39 is 18.3 Å². The van der Waals surface area contributed by atoms with Gasteiger partial charge in [-0.05, 0) is 64.0 Å². The zero-order valence-corrected chi connectivity index (χ0v) is 28.2. The highest BCUT2D eigenvalue weighted by atomic mass is 16.7. The summed E-state index contributed by atoms with van der Waals surface area (Å²) in [6.07, 6.45) is 6.26. The van der Waals surface area contributed by atoms with Gasteiger partial charge in [-0.2, -0.15) is 0 Å². The van der Waals surface area contributed by atoms with Crippen LogP contribution in [0.5, 0.6) is 5.75 Å². The minimum Gasteiger partial charge on any atom is -0.456 e. The molecule has 0 N–H and O–H groups in total. The number of aromatic nitrogens is 3. The first-order valence-electron chi connectivity index (χ1n) is 16.2. The Hall–Kier alpha value is -5.11. The Morgan fingerprint density at radius 2 is 1.23 bits per heavy atom. The molecule has 1 aliphatic rings. The molecule has 0 radical (unpaired) electrons. The summed E-state index contributed by atoms with van der Waals surface area (Å²) in [4.78, 5) is 14.8. The van der Waals surface area contributed by atoms with E-state index >= 15 is 0 Å². The van der Waals surface area contributed by atoms with Crippen LogP contribution in [0.4, 0.5) is 0 Å². The molecule has 2 heterocycles. The smallest absolute Gasteiger partial charge is 0.456 e. The van der Waals surface area contributed by atoms with Gasteiger partial charge in [-0.25, -0.2) is 15.0 Å². The van der Waals surface area contributed by atoms with Crippen molar-refractivity contribution in [2.24, 2.45) is 0 Å². The average molecular weight is 634 g/mol. The number of para-hydroxylation sites is 1. The number of allylic oxidation sites excluding steroid dienone is 4. The maximum Gasteiger partial charge on any atom is 0.461 e. The third kappa shape index (κ3) is 7.23. The molecule has 0 aliphatic carbocycles. The van der Waals surface area contributed by atoms with Crippen LogP contribution in [0.2, 0.25) is 6.32 Å². The number of hydrogen-bond donors (Lipinski definition) is 0. The molecular formula is C41H40BN3O3. The molecule has 0 unspecified atom stereocenters. The largest absolute Gasteiger partial charge is 0.461 e. The first kappa shape index (κ1) is 32.8. The Kier molecular flexibility index (Phi) is 9.53. The van der Waals surface area contributed by atoms with Crippen LogP contribution in [-0.4, -0.2) is 33.3 Å². The van der Waals surface area contributed by atoms with E-state index in [9.17, 15) is 0 Å². The van der Waals surface area contributed by atoms with Gasteiger partial charge in [-0.15, -0.1) is 0 Å². The standard InChI is InChI=1S/C41H40BN3O3/c1-7-17-36(46-35-25-15-14-18-29(35)2)34(26-27-42-47-40(3,4)41(5,6)48-42)32-23-16-24-33(28-32)39-44-37(30-19-10-8-11-20-30)43-38(45-39)31-21-12-9-13-22-31/h7-26,28H,1,27H2,2-6H3/b34-26-,36-17+. The molecule has 1 saturated heterocycles. The molecule has 240 valence electrons. The fraction of sp³-hybridized carbons (Fsp3) is 0.195. The minimum atomic E-state index is -0.436. The molecule has 1 aliphatic heterocycles. The molecule has 0 bridgehead atoms. The van der Waals surface area contributed by atoms with Crippen LogP contribution in [0.15, 0.2) is 140 Å². The number of nitrogens with zero attached hydrogens (tertiary/aromatic N) is 3. The predicted molar refractivity (Wildman–Crippen MR) is 195 cm³/mol. The molecule has 1 fully saturated rings. The third-order valence-corrected chi connectivity index (χ3v) is 8.80. The minimum absolute atomic E-state index is 0.415. The molecule has 6 rings (SSSR count). The number of rotatable bonds is 10. The zero-order chi connectivity index (χ0) is 33.7. The lowest BCUT2D eigenvalue weighted by Gasteiger charge is -2.32. The van der Waals surface area contributed by atoms with Crippen molar-refractivity contribution in [1.29, 1.82) is 0 Å². The quantitative estimate of drug-likeness (QED) is 0.0867. The van der Waals surface area contributed by atoms with Crippen molar-refractivity contribution in [1.82, 2.24) is 15.0 Å². The maximum atomic E-state index is 6.60. The highest BCUT2D eigenvalue weighted by molar-refractivity contribution is 6.46. The molecule has 0 amide bonds. The third-order valence-electron chi connectivity index (χ3n) is 8.80. The van der Waals surface area contributed by atoms with E-state index in [1.54, 1.807) is 6.08 Å². The van der Waals surface area contributed by atoms with Gasteiger partial charge >= 0.3 is 7.12 Å². The van der Waals surface area contributed by atoms with E-state index in [4.69, 9.17) is 29.0 Å². The van der Waals surface area contributed by atoms with Gasteiger partial charge in [0, 0.05) is 28.6 Å². The lowest BCUT2D eigenvalue weighted by Crippen LogP contribution is -2.41.